The van der Waals surface area contributed by atoms with E-state index in [2.05, 4.69) is 68.1 Å². The van der Waals surface area contributed by atoms with E-state index in [0.717, 1.165) is 86.9 Å². The zero-order valence-electron chi connectivity index (χ0n) is 35.1. The molecule has 61 heavy (non-hydrogen) atoms. The van der Waals surface area contributed by atoms with Crippen LogP contribution in [-0.2, 0) is 29.1 Å². The fraction of sp³-hybridized carbons (Fsp3) is 0.413. The van der Waals surface area contributed by atoms with Crippen molar-refractivity contribution in [3.8, 4) is 5.82 Å². The van der Waals surface area contributed by atoms with Gasteiger partial charge in [-0.2, -0.15) is 4.98 Å². The van der Waals surface area contributed by atoms with Crippen LogP contribution >= 0.6 is 0 Å². The van der Waals surface area contributed by atoms with Gasteiger partial charge in [-0.05, 0) is 85.3 Å². The third kappa shape index (κ3) is 7.34. The lowest BCUT2D eigenvalue weighted by atomic mass is 10.0. The van der Waals surface area contributed by atoms with E-state index >= 15 is 0 Å². The summed E-state index contributed by atoms with van der Waals surface area (Å²) < 4.78 is 3.42. The summed E-state index contributed by atoms with van der Waals surface area (Å²) in [6, 6.07) is 18.3. The van der Waals surface area contributed by atoms with Crippen molar-refractivity contribution in [2.75, 3.05) is 54.4 Å². The van der Waals surface area contributed by atoms with Crippen molar-refractivity contribution in [2.45, 2.75) is 84.0 Å². The van der Waals surface area contributed by atoms with E-state index in [9.17, 15) is 19.2 Å². The first kappa shape index (κ1) is 40.1. The van der Waals surface area contributed by atoms with Gasteiger partial charge in [-0.25, -0.2) is 19.3 Å². The Balaban J connectivity index is 0.00000235. The quantitative estimate of drug-likeness (QED) is 0.142. The van der Waals surface area contributed by atoms with Crippen LogP contribution in [-0.4, -0.2) is 103 Å². The van der Waals surface area contributed by atoms with Gasteiger partial charge in [0.15, 0.2) is 11.5 Å². The van der Waals surface area contributed by atoms with Gasteiger partial charge >= 0.3 is 0 Å². The molecule has 5 aromatic rings. The van der Waals surface area contributed by atoms with Crippen LogP contribution in [0.3, 0.4) is 0 Å². The Hall–Kier alpha value is -6.35. The largest absolute Gasteiger partial charge is 0.369 e. The number of amides is 3. The van der Waals surface area contributed by atoms with E-state index in [1.807, 2.05) is 44.2 Å². The Morgan fingerprint density at radius 2 is 1.64 bits per heavy atom. The monoisotopic (exact) mass is 823 g/mol. The highest BCUT2D eigenvalue weighted by Gasteiger charge is 2.40. The first-order valence-electron chi connectivity index (χ1n) is 21.7. The maximum atomic E-state index is 13.5. The number of rotatable bonds is 10. The van der Waals surface area contributed by atoms with Crippen molar-refractivity contribution >= 4 is 51.8 Å². The molecule has 0 radical (unpaired) electrons. The molecule has 15 heteroatoms. The Kier molecular flexibility index (Phi) is 10.9. The van der Waals surface area contributed by atoms with Gasteiger partial charge in [-0.1, -0.05) is 32.9 Å². The van der Waals surface area contributed by atoms with Crippen molar-refractivity contribution in [3.05, 3.63) is 106 Å². The van der Waals surface area contributed by atoms with Crippen LogP contribution in [0.4, 0.5) is 23.0 Å². The van der Waals surface area contributed by atoms with Gasteiger partial charge in [0.1, 0.15) is 11.4 Å². The molecule has 3 fully saturated rings. The fourth-order valence-electron chi connectivity index (χ4n) is 9.53. The van der Waals surface area contributed by atoms with Crippen LogP contribution in [0.1, 0.15) is 79.6 Å². The number of benzene rings is 2. The maximum absolute atomic E-state index is 13.5. The number of aryl methyl sites for hydroxylation is 1. The normalized spacial score (nSPS) is 20.2. The summed E-state index contributed by atoms with van der Waals surface area (Å²) in [4.78, 5) is 74.1. The minimum Gasteiger partial charge on any atom is -0.369 e. The number of imide groups is 1. The highest BCUT2D eigenvalue weighted by molar-refractivity contribution is 6.05. The molecule has 2 atom stereocenters. The number of carbonyl (C=O) groups excluding carboxylic acids is 3. The molecule has 3 aromatic heterocycles. The molecule has 7 heterocycles. The van der Waals surface area contributed by atoms with E-state index in [-0.39, 0.29) is 29.7 Å². The molecule has 3 saturated heterocycles. The third-order valence-corrected chi connectivity index (χ3v) is 12.9. The number of aromatic nitrogens is 5. The van der Waals surface area contributed by atoms with E-state index in [1.54, 1.807) is 26.5 Å². The van der Waals surface area contributed by atoms with Gasteiger partial charge in [0, 0.05) is 98.7 Å². The minimum absolute atomic E-state index is 0.143. The molecular formula is C46H53N11O4. The summed E-state index contributed by atoms with van der Waals surface area (Å²) in [6.07, 6.45) is 7.06. The number of carbonyl (C=O) groups is 3. The van der Waals surface area contributed by atoms with Crippen LogP contribution in [0.25, 0.3) is 16.9 Å². The van der Waals surface area contributed by atoms with E-state index in [4.69, 9.17) is 9.97 Å². The van der Waals surface area contributed by atoms with E-state index in [1.165, 1.54) is 5.56 Å². The molecule has 10 rings (SSSR count). The Labute approximate surface area is 355 Å². The summed E-state index contributed by atoms with van der Waals surface area (Å²) in [6.45, 7) is 16.4. The Bertz CT molecular complexity index is 2570. The van der Waals surface area contributed by atoms with Crippen molar-refractivity contribution < 1.29 is 14.4 Å². The number of hydrogen-bond donors (Lipinski definition) is 2. The molecule has 3 amide bonds. The summed E-state index contributed by atoms with van der Waals surface area (Å²) in [5.74, 6) is 0.670. The molecule has 1 aliphatic carbocycles. The smallest absolute Gasteiger partial charge is 0.278 e. The topological polar surface area (TPSA) is 154 Å². The minimum atomic E-state index is -0.606. The van der Waals surface area contributed by atoms with E-state index in [0.29, 0.717) is 59.8 Å². The second-order valence-electron chi connectivity index (χ2n) is 16.3. The summed E-state index contributed by atoms with van der Waals surface area (Å²) in [5.41, 5.74) is 7.38. The van der Waals surface area contributed by atoms with Crippen molar-refractivity contribution in [1.82, 2.24) is 39.4 Å². The second kappa shape index (κ2) is 16.6. The Morgan fingerprint density at radius 3 is 2.38 bits per heavy atom. The predicted octanol–water partition coefficient (Wildman–Crippen LogP) is 5.14. The lowest BCUT2D eigenvalue weighted by molar-refractivity contribution is -0.136. The highest BCUT2D eigenvalue weighted by atomic mass is 16.2. The number of piperazine rings is 1. The zero-order chi connectivity index (χ0) is 42.4. The van der Waals surface area contributed by atoms with E-state index < -0.39 is 6.04 Å². The fourth-order valence-corrected chi connectivity index (χ4v) is 9.53. The molecule has 0 saturated carbocycles. The Morgan fingerprint density at radius 1 is 0.869 bits per heavy atom. The van der Waals surface area contributed by atoms with Gasteiger partial charge in [-0.3, -0.25) is 29.4 Å². The van der Waals surface area contributed by atoms with Crippen LogP contribution in [0.2, 0.25) is 0 Å². The van der Waals surface area contributed by atoms with Gasteiger partial charge in [0.25, 0.3) is 11.5 Å². The summed E-state index contributed by atoms with van der Waals surface area (Å²) >= 11 is 0. The molecule has 0 spiro atoms. The molecule has 4 aliphatic heterocycles. The van der Waals surface area contributed by atoms with Crippen LogP contribution in [0, 0.1) is 0 Å². The molecule has 316 valence electrons. The number of piperidine rings is 1. The molecule has 15 nitrogen and oxygen atoms in total. The predicted molar refractivity (Wildman–Crippen MR) is 236 cm³/mol. The standard InChI is InChI=1S/C44H47N11O4.C2H6/c1-3-17-54-43(59)35-23-45-44(49-40(35)55(54)37-15-7-28-6-5-27(4-2)39(28)47-37)46-30-8-10-31(11-9-30)50-18-20-51(21-19-50)33-25-52(26-33)32-12-13-34-29(22-32)24-53(42(34)58)36-14-16-38(56)48-41(36)57;1-2/h3,7-13,15,22-23,27,33,36H,1,4-6,14,16-21,24-26H2,2H3,(H,45,46,49)(H,48,56,57);1-2H3. The number of anilines is 4. The SMILES string of the molecule is C=CCn1c(=O)c2cnc(Nc3ccc(N4CCN(C5CN(c6ccc7c(c6)CN(C6CCC(=O)NC6=O)C7=O)C5)CC4)cc3)nc2n1-c1ccc2c(n1)C(CC)CC2.CC. The number of pyridine rings is 1. The van der Waals surface area contributed by atoms with Crippen molar-refractivity contribution in [3.63, 3.8) is 0 Å². The van der Waals surface area contributed by atoms with Gasteiger partial charge in [0.05, 0.1) is 6.54 Å². The van der Waals surface area contributed by atoms with Gasteiger partial charge < -0.3 is 20.0 Å². The average molecular weight is 824 g/mol. The average Bonchev–Trinajstić information content (AvgIpc) is 3.91. The number of allylic oxidation sites excluding steroid dienone is 1. The molecular weight excluding hydrogens is 771 g/mol. The van der Waals surface area contributed by atoms with Crippen molar-refractivity contribution in [1.29, 1.82) is 0 Å². The molecule has 2 aromatic carbocycles. The van der Waals surface area contributed by atoms with Crippen LogP contribution in [0.5, 0.6) is 0 Å². The number of fused-ring (bicyclic) bond motifs is 3. The van der Waals surface area contributed by atoms with Gasteiger partial charge in [0.2, 0.25) is 17.8 Å². The third-order valence-electron chi connectivity index (χ3n) is 12.9. The molecule has 2 N–H and O–H groups in total. The first-order valence-corrected chi connectivity index (χ1v) is 21.7. The van der Waals surface area contributed by atoms with Crippen molar-refractivity contribution in [2.24, 2.45) is 0 Å². The zero-order valence-corrected chi connectivity index (χ0v) is 35.1. The summed E-state index contributed by atoms with van der Waals surface area (Å²) in [5, 5.41) is 6.15. The molecule has 0 bridgehead atoms. The van der Waals surface area contributed by atoms with Crippen LogP contribution in [0.15, 0.2) is 78.2 Å². The second-order valence-corrected chi connectivity index (χ2v) is 16.3. The maximum Gasteiger partial charge on any atom is 0.278 e. The molecule has 5 aliphatic rings. The lowest BCUT2D eigenvalue weighted by Gasteiger charge is -2.49. The number of hydrogen-bond acceptors (Lipinski definition) is 11. The van der Waals surface area contributed by atoms with Gasteiger partial charge in [-0.15, -0.1) is 6.58 Å². The number of nitrogens with one attached hydrogen (secondary N) is 2. The number of nitrogens with zero attached hydrogens (tertiary/aromatic N) is 9. The first-order chi connectivity index (χ1) is 29.8. The van der Waals surface area contributed by atoms with Crippen LogP contribution < -0.4 is 26.0 Å². The molecule has 2 unspecified atom stereocenters. The highest BCUT2D eigenvalue weighted by Crippen LogP contribution is 2.36. The summed E-state index contributed by atoms with van der Waals surface area (Å²) in [7, 11) is 0. The lowest BCUT2D eigenvalue weighted by Crippen LogP contribution is -2.63.